The molecule has 0 bridgehead atoms. The lowest BCUT2D eigenvalue weighted by atomic mass is 10.3. The van der Waals surface area contributed by atoms with Crippen LogP contribution in [0.4, 0.5) is 5.69 Å². The van der Waals surface area contributed by atoms with Crippen molar-refractivity contribution in [1.29, 1.82) is 0 Å². The third kappa shape index (κ3) is 4.86. The van der Waals surface area contributed by atoms with Crippen molar-refractivity contribution in [1.82, 2.24) is 24.7 Å². The molecule has 0 aliphatic rings. The number of rotatable bonds is 7. The van der Waals surface area contributed by atoms with Crippen LogP contribution < -0.4 is 15.9 Å². The molecule has 1 amide bonds. The molecule has 2 heterocycles. The van der Waals surface area contributed by atoms with E-state index in [2.05, 4.69) is 20.6 Å². The number of carbonyl (C=O) groups is 1. The first-order valence-electron chi connectivity index (χ1n) is 9.49. The summed E-state index contributed by atoms with van der Waals surface area (Å²) in [6.45, 7) is 3.80. The molecule has 2 aromatic heterocycles. The van der Waals surface area contributed by atoms with Gasteiger partial charge in [0.2, 0.25) is 11.1 Å². The summed E-state index contributed by atoms with van der Waals surface area (Å²) in [5.41, 5.74) is 2.42. The number of anilines is 1. The van der Waals surface area contributed by atoms with Gasteiger partial charge in [-0.2, -0.15) is 5.10 Å². The van der Waals surface area contributed by atoms with Crippen molar-refractivity contribution in [2.75, 3.05) is 16.9 Å². The molecule has 4 aromatic rings. The Bertz CT molecular complexity index is 1190. The number of nitrogens with two attached hydrogens (primary N) is 1. The highest BCUT2D eigenvalue weighted by Gasteiger charge is 2.16. The normalized spacial score (nSPS) is 10.8. The number of aryl methyl sites for hydroxylation is 2. The molecule has 0 unspecified atom stereocenters. The summed E-state index contributed by atoms with van der Waals surface area (Å²) in [5.74, 6) is 7.88. The third-order valence-corrected chi connectivity index (χ3v) is 5.24. The van der Waals surface area contributed by atoms with Crippen LogP contribution in [-0.4, -0.2) is 36.3 Å². The molecule has 3 N–H and O–H groups in total. The summed E-state index contributed by atoms with van der Waals surface area (Å²) in [6, 6.07) is 18.6. The second-order valence-electron chi connectivity index (χ2n) is 6.77. The standard InChI is InChI=1S/C21H21N7O2S/c1-14-12-15(2)28(26-14)20-24-25-21(27(20)22)31-13-19(29)23-16-8-10-18(11-9-16)30-17-6-4-3-5-7-17/h3-12H,13,22H2,1-2H3,(H,23,29). The Labute approximate surface area is 183 Å². The Kier molecular flexibility index (Phi) is 5.89. The number of nitrogen functional groups attached to an aromatic ring is 1. The first-order chi connectivity index (χ1) is 15.0. The van der Waals surface area contributed by atoms with E-state index >= 15 is 0 Å². The number of nitrogens with one attached hydrogen (secondary N) is 1. The van der Waals surface area contributed by atoms with E-state index in [1.54, 1.807) is 28.9 Å². The van der Waals surface area contributed by atoms with Crippen LogP contribution in [0, 0.1) is 13.8 Å². The molecule has 0 atom stereocenters. The maximum atomic E-state index is 12.3. The number of aromatic nitrogens is 5. The summed E-state index contributed by atoms with van der Waals surface area (Å²) >= 11 is 1.19. The van der Waals surface area contributed by atoms with Crippen LogP contribution in [-0.2, 0) is 4.79 Å². The van der Waals surface area contributed by atoms with Gasteiger partial charge in [0.1, 0.15) is 11.5 Å². The number of nitrogens with zero attached hydrogens (tertiary/aromatic N) is 5. The number of thioether (sulfide) groups is 1. The minimum absolute atomic E-state index is 0.134. The molecule has 0 aliphatic carbocycles. The fourth-order valence-electron chi connectivity index (χ4n) is 2.90. The summed E-state index contributed by atoms with van der Waals surface area (Å²) in [4.78, 5) is 12.3. The average Bonchev–Trinajstić information content (AvgIpc) is 3.29. The highest BCUT2D eigenvalue weighted by Crippen LogP contribution is 2.23. The Morgan fingerprint density at radius 3 is 2.45 bits per heavy atom. The molecule has 10 heteroatoms. The molecule has 4 rings (SSSR count). The van der Waals surface area contributed by atoms with Gasteiger partial charge in [0.15, 0.2) is 0 Å². The third-order valence-electron chi connectivity index (χ3n) is 4.29. The molecule has 2 aromatic carbocycles. The summed E-state index contributed by atoms with van der Waals surface area (Å²) in [7, 11) is 0. The second-order valence-corrected chi connectivity index (χ2v) is 7.71. The smallest absolute Gasteiger partial charge is 0.271 e. The van der Waals surface area contributed by atoms with Crippen molar-refractivity contribution in [3.05, 3.63) is 72.1 Å². The van der Waals surface area contributed by atoms with Gasteiger partial charge in [0, 0.05) is 11.4 Å². The lowest BCUT2D eigenvalue weighted by Crippen LogP contribution is -2.18. The Balaban J connectivity index is 1.33. The van der Waals surface area contributed by atoms with Crippen LogP contribution in [0.3, 0.4) is 0 Å². The van der Waals surface area contributed by atoms with Gasteiger partial charge < -0.3 is 15.9 Å². The monoisotopic (exact) mass is 435 g/mol. The molecule has 0 aliphatic heterocycles. The summed E-state index contributed by atoms with van der Waals surface area (Å²) in [5, 5.41) is 15.8. The van der Waals surface area contributed by atoms with Crippen molar-refractivity contribution >= 4 is 23.4 Å². The van der Waals surface area contributed by atoms with E-state index in [0.29, 0.717) is 22.5 Å². The highest BCUT2D eigenvalue weighted by molar-refractivity contribution is 7.99. The van der Waals surface area contributed by atoms with Gasteiger partial charge in [0.05, 0.1) is 11.4 Å². The van der Waals surface area contributed by atoms with Gasteiger partial charge in [-0.05, 0) is 56.3 Å². The van der Waals surface area contributed by atoms with Crippen LogP contribution in [0.15, 0.2) is 65.8 Å². The first kappa shape index (κ1) is 20.5. The van der Waals surface area contributed by atoms with Gasteiger partial charge >= 0.3 is 0 Å². The zero-order valence-corrected chi connectivity index (χ0v) is 17.8. The summed E-state index contributed by atoms with van der Waals surface area (Å²) in [6.07, 6.45) is 0. The van der Waals surface area contributed by atoms with Crippen LogP contribution in [0.1, 0.15) is 11.4 Å². The Morgan fingerprint density at radius 1 is 1.06 bits per heavy atom. The second kappa shape index (κ2) is 8.92. The van der Waals surface area contributed by atoms with Crippen molar-refractivity contribution < 1.29 is 9.53 Å². The lowest BCUT2D eigenvalue weighted by Gasteiger charge is -2.08. The first-order valence-corrected chi connectivity index (χ1v) is 10.5. The Hall–Kier alpha value is -3.79. The Morgan fingerprint density at radius 2 is 1.77 bits per heavy atom. The molecule has 0 spiro atoms. The van der Waals surface area contributed by atoms with Crippen LogP contribution >= 0.6 is 11.8 Å². The predicted molar refractivity (Wildman–Crippen MR) is 119 cm³/mol. The van der Waals surface area contributed by atoms with Crippen LogP contribution in [0.5, 0.6) is 11.5 Å². The minimum Gasteiger partial charge on any atom is -0.457 e. The zero-order chi connectivity index (χ0) is 21.8. The maximum absolute atomic E-state index is 12.3. The van der Waals surface area contributed by atoms with E-state index in [0.717, 1.165) is 17.1 Å². The molecule has 0 radical (unpaired) electrons. The molecule has 31 heavy (non-hydrogen) atoms. The number of benzene rings is 2. The molecule has 9 nitrogen and oxygen atoms in total. The van der Waals surface area contributed by atoms with Crippen molar-refractivity contribution in [3.8, 4) is 17.4 Å². The van der Waals surface area contributed by atoms with Gasteiger partial charge in [-0.1, -0.05) is 30.0 Å². The van der Waals surface area contributed by atoms with E-state index in [4.69, 9.17) is 10.6 Å². The average molecular weight is 436 g/mol. The van der Waals surface area contributed by atoms with Gasteiger partial charge in [0.25, 0.3) is 5.95 Å². The number of hydrogen-bond acceptors (Lipinski definition) is 7. The van der Waals surface area contributed by atoms with E-state index in [1.807, 2.05) is 50.2 Å². The number of hydrogen-bond donors (Lipinski definition) is 2. The molecule has 0 fully saturated rings. The molecular formula is C21H21N7O2S. The van der Waals surface area contributed by atoms with Crippen molar-refractivity contribution in [2.24, 2.45) is 0 Å². The van der Waals surface area contributed by atoms with Crippen molar-refractivity contribution in [3.63, 3.8) is 0 Å². The SMILES string of the molecule is Cc1cc(C)n(-c2nnc(SCC(=O)Nc3ccc(Oc4ccccc4)cc3)n2N)n1. The van der Waals surface area contributed by atoms with Gasteiger partial charge in [-0.15, -0.1) is 10.2 Å². The molecule has 0 saturated carbocycles. The van der Waals surface area contributed by atoms with Gasteiger partial charge in [-0.25, -0.2) is 9.36 Å². The maximum Gasteiger partial charge on any atom is 0.271 e. The van der Waals surface area contributed by atoms with Crippen LogP contribution in [0.25, 0.3) is 5.95 Å². The largest absolute Gasteiger partial charge is 0.457 e. The van der Waals surface area contributed by atoms with Crippen molar-refractivity contribution in [2.45, 2.75) is 19.0 Å². The number of carbonyl (C=O) groups excluding carboxylic acids is 1. The fraction of sp³-hybridized carbons (Fsp3) is 0.143. The summed E-state index contributed by atoms with van der Waals surface area (Å²) < 4.78 is 8.69. The van der Waals surface area contributed by atoms with E-state index in [-0.39, 0.29) is 11.7 Å². The van der Waals surface area contributed by atoms with E-state index in [1.165, 1.54) is 16.4 Å². The molecular weight excluding hydrogens is 414 g/mol. The quantitative estimate of drug-likeness (QED) is 0.338. The lowest BCUT2D eigenvalue weighted by molar-refractivity contribution is -0.113. The zero-order valence-electron chi connectivity index (χ0n) is 17.0. The van der Waals surface area contributed by atoms with E-state index in [9.17, 15) is 4.79 Å². The minimum atomic E-state index is -0.183. The van der Waals surface area contributed by atoms with E-state index < -0.39 is 0 Å². The number of amides is 1. The molecule has 0 saturated heterocycles. The predicted octanol–water partition coefficient (Wildman–Crippen LogP) is 3.32. The number of para-hydroxylation sites is 1. The highest BCUT2D eigenvalue weighted by atomic mass is 32.2. The van der Waals surface area contributed by atoms with Gasteiger partial charge in [-0.3, -0.25) is 4.79 Å². The molecule has 158 valence electrons. The number of ether oxygens (including phenoxy) is 1. The fourth-order valence-corrected chi connectivity index (χ4v) is 3.55. The topological polar surface area (TPSA) is 113 Å². The van der Waals surface area contributed by atoms with Crippen LogP contribution in [0.2, 0.25) is 0 Å².